The number of benzene rings is 8. The van der Waals surface area contributed by atoms with Crippen LogP contribution >= 0.6 is 0 Å². The molecule has 1 aliphatic rings. The monoisotopic (exact) mass is 742 g/mol. The summed E-state index contributed by atoms with van der Waals surface area (Å²) in [6.45, 7) is 4.69. The first-order chi connectivity index (χ1) is 28.5. The van der Waals surface area contributed by atoms with Gasteiger partial charge in [0.2, 0.25) is 0 Å². The van der Waals surface area contributed by atoms with Crippen LogP contribution in [0.1, 0.15) is 25.0 Å². The number of para-hydroxylation sites is 1. The summed E-state index contributed by atoms with van der Waals surface area (Å²) in [5.74, 6) is 1.93. The fraction of sp³-hybridized carbons (Fsp3) is 0.0556. The molecule has 2 heterocycles. The van der Waals surface area contributed by atoms with Crippen molar-refractivity contribution in [1.29, 1.82) is 0 Å². The van der Waals surface area contributed by atoms with Crippen LogP contribution in [0.5, 0.6) is 0 Å². The van der Waals surface area contributed by atoms with Crippen LogP contribution in [-0.4, -0.2) is 19.5 Å². The number of aromatic nitrogens is 4. The van der Waals surface area contributed by atoms with E-state index in [2.05, 4.69) is 152 Å². The van der Waals surface area contributed by atoms with Crippen LogP contribution in [0.4, 0.5) is 0 Å². The molecule has 0 N–H and O–H groups in total. The van der Waals surface area contributed by atoms with Gasteiger partial charge in [0.05, 0.1) is 11.0 Å². The van der Waals surface area contributed by atoms with Crippen LogP contribution in [-0.2, 0) is 5.41 Å². The van der Waals surface area contributed by atoms with E-state index >= 15 is 0 Å². The maximum atomic E-state index is 5.02. The second kappa shape index (κ2) is 13.4. The zero-order chi connectivity index (χ0) is 38.8. The lowest BCUT2D eigenvalue weighted by molar-refractivity contribution is 0.660. The first kappa shape index (κ1) is 33.9. The van der Waals surface area contributed by atoms with E-state index in [0.717, 1.165) is 33.4 Å². The number of fused-ring (bicyclic) bond motifs is 6. The van der Waals surface area contributed by atoms with Gasteiger partial charge in [0.15, 0.2) is 17.5 Å². The molecule has 274 valence electrons. The average molecular weight is 743 g/mol. The van der Waals surface area contributed by atoms with E-state index in [-0.39, 0.29) is 5.41 Å². The molecule has 0 bridgehead atoms. The Hall–Kier alpha value is -7.43. The summed E-state index contributed by atoms with van der Waals surface area (Å²) in [6.07, 6.45) is 0. The Morgan fingerprint density at radius 2 is 0.862 bits per heavy atom. The van der Waals surface area contributed by atoms with Crippen LogP contribution in [0.25, 0.3) is 95.0 Å². The van der Waals surface area contributed by atoms with Crippen LogP contribution in [0.15, 0.2) is 194 Å². The van der Waals surface area contributed by atoms with Gasteiger partial charge in [0.25, 0.3) is 0 Å². The molecule has 8 aromatic carbocycles. The van der Waals surface area contributed by atoms with Crippen LogP contribution < -0.4 is 0 Å². The van der Waals surface area contributed by atoms with Gasteiger partial charge in [-0.3, -0.25) is 0 Å². The topological polar surface area (TPSA) is 43.6 Å². The lowest BCUT2D eigenvalue weighted by atomic mass is 9.81. The smallest absolute Gasteiger partial charge is 0.164 e. The Balaban J connectivity index is 0.995. The third-order valence-electron chi connectivity index (χ3n) is 11.8. The molecule has 0 radical (unpaired) electrons. The lowest BCUT2D eigenvalue weighted by Gasteiger charge is -2.22. The summed E-state index contributed by atoms with van der Waals surface area (Å²) in [4.78, 5) is 15.0. The Labute approximate surface area is 337 Å². The van der Waals surface area contributed by atoms with Gasteiger partial charge in [-0.1, -0.05) is 166 Å². The maximum absolute atomic E-state index is 5.02. The zero-order valence-electron chi connectivity index (χ0n) is 32.3. The van der Waals surface area contributed by atoms with E-state index in [1.807, 2.05) is 60.7 Å². The minimum atomic E-state index is -0.0418. The first-order valence-corrected chi connectivity index (χ1v) is 19.9. The number of rotatable bonds is 6. The minimum absolute atomic E-state index is 0.0418. The molecule has 0 unspecified atom stereocenters. The van der Waals surface area contributed by atoms with E-state index in [9.17, 15) is 0 Å². The third kappa shape index (κ3) is 5.56. The van der Waals surface area contributed by atoms with Crippen molar-refractivity contribution in [3.63, 3.8) is 0 Å². The zero-order valence-corrected chi connectivity index (χ0v) is 32.3. The summed E-state index contributed by atoms with van der Waals surface area (Å²) in [7, 11) is 0. The number of hydrogen-bond acceptors (Lipinski definition) is 3. The first-order valence-electron chi connectivity index (χ1n) is 19.9. The van der Waals surface area contributed by atoms with Crippen molar-refractivity contribution in [2.24, 2.45) is 0 Å². The van der Waals surface area contributed by atoms with Gasteiger partial charge < -0.3 is 4.57 Å². The highest BCUT2D eigenvalue weighted by atomic mass is 15.0. The van der Waals surface area contributed by atoms with Gasteiger partial charge in [-0.2, -0.15) is 0 Å². The Morgan fingerprint density at radius 1 is 0.345 bits per heavy atom. The van der Waals surface area contributed by atoms with E-state index < -0.39 is 0 Å². The Bertz CT molecular complexity index is 3140. The predicted molar refractivity (Wildman–Crippen MR) is 239 cm³/mol. The van der Waals surface area contributed by atoms with Crippen molar-refractivity contribution in [2.45, 2.75) is 19.3 Å². The molecule has 10 aromatic rings. The molecule has 4 heteroatoms. The van der Waals surface area contributed by atoms with E-state index in [4.69, 9.17) is 15.0 Å². The van der Waals surface area contributed by atoms with Crippen LogP contribution in [0.3, 0.4) is 0 Å². The number of hydrogen-bond donors (Lipinski definition) is 0. The maximum Gasteiger partial charge on any atom is 0.164 e. The van der Waals surface area contributed by atoms with Gasteiger partial charge in [-0.15, -0.1) is 0 Å². The van der Waals surface area contributed by atoms with Crippen molar-refractivity contribution in [1.82, 2.24) is 19.5 Å². The van der Waals surface area contributed by atoms with Gasteiger partial charge >= 0.3 is 0 Å². The molecule has 0 saturated heterocycles. The van der Waals surface area contributed by atoms with Crippen LogP contribution in [0, 0.1) is 0 Å². The molecule has 0 amide bonds. The molecule has 0 spiro atoms. The molecule has 11 rings (SSSR count). The molecular formula is C54H38N4. The third-order valence-corrected chi connectivity index (χ3v) is 11.8. The normalized spacial score (nSPS) is 12.8. The minimum Gasteiger partial charge on any atom is -0.309 e. The molecule has 0 saturated carbocycles. The Kier molecular flexibility index (Phi) is 7.80. The van der Waals surface area contributed by atoms with Crippen molar-refractivity contribution >= 4 is 21.8 Å². The Morgan fingerprint density at radius 3 is 1.60 bits per heavy atom. The highest BCUT2D eigenvalue weighted by Gasteiger charge is 2.35. The standard InChI is InChI=1S/C54H38N4/c1-54(2)47-25-11-9-23-43(47)44-29-27-40(34-48(44)54)38-20-13-19-37(31-38)39-28-30-50-46(33-39)45-24-10-12-26-49(45)58(50)42-22-14-21-41(32-42)53-56-51(35-15-5-3-6-16-35)55-52(57-53)36-17-7-4-8-18-36/h3-34H,1-2H3. The second-order valence-corrected chi connectivity index (χ2v) is 15.7. The summed E-state index contributed by atoms with van der Waals surface area (Å²) in [6, 6.07) is 69.1. The molecule has 58 heavy (non-hydrogen) atoms. The van der Waals surface area contributed by atoms with Crippen molar-refractivity contribution < 1.29 is 0 Å². The lowest BCUT2D eigenvalue weighted by Crippen LogP contribution is -2.14. The highest BCUT2D eigenvalue weighted by molar-refractivity contribution is 6.10. The van der Waals surface area contributed by atoms with Gasteiger partial charge in [-0.05, 0) is 87.0 Å². The van der Waals surface area contributed by atoms with Gasteiger partial charge in [0.1, 0.15) is 0 Å². The second-order valence-electron chi connectivity index (χ2n) is 15.7. The van der Waals surface area contributed by atoms with E-state index in [0.29, 0.717) is 17.5 Å². The summed E-state index contributed by atoms with van der Waals surface area (Å²) >= 11 is 0. The molecule has 0 aliphatic heterocycles. The molecule has 1 aliphatic carbocycles. The molecule has 0 fully saturated rings. The van der Waals surface area contributed by atoms with Crippen molar-refractivity contribution in [3.8, 4) is 73.2 Å². The summed E-state index contributed by atoms with van der Waals surface area (Å²) in [5.41, 5.74) is 16.4. The fourth-order valence-electron chi connectivity index (χ4n) is 8.91. The van der Waals surface area contributed by atoms with E-state index in [1.54, 1.807) is 0 Å². The highest BCUT2D eigenvalue weighted by Crippen LogP contribution is 2.49. The predicted octanol–water partition coefficient (Wildman–Crippen LogP) is 13.6. The van der Waals surface area contributed by atoms with Crippen molar-refractivity contribution in [2.75, 3.05) is 0 Å². The SMILES string of the molecule is CC1(C)c2ccccc2-c2ccc(-c3cccc(-c4ccc5c(c4)c4ccccc4n5-c4cccc(-c5nc(-c6ccccc6)nc(-c6ccccc6)n5)c4)c3)cc21. The fourth-order valence-corrected chi connectivity index (χ4v) is 8.91. The van der Waals surface area contributed by atoms with Crippen LogP contribution in [0.2, 0.25) is 0 Å². The molecule has 4 nitrogen and oxygen atoms in total. The van der Waals surface area contributed by atoms with Crippen molar-refractivity contribution in [3.05, 3.63) is 205 Å². The number of nitrogens with zero attached hydrogens (tertiary/aromatic N) is 4. The summed E-state index contributed by atoms with van der Waals surface area (Å²) in [5, 5.41) is 2.41. The van der Waals surface area contributed by atoms with Gasteiger partial charge in [-0.25, -0.2) is 15.0 Å². The summed E-state index contributed by atoms with van der Waals surface area (Å²) < 4.78 is 2.36. The largest absolute Gasteiger partial charge is 0.309 e. The quantitative estimate of drug-likeness (QED) is 0.170. The molecular weight excluding hydrogens is 705 g/mol. The van der Waals surface area contributed by atoms with E-state index in [1.165, 1.54) is 55.3 Å². The average Bonchev–Trinajstić information content (AvgIpc) is 3.74. The molecule has 2 aromatic heterocycles. The van der Waals surface area contributed by atoms with Gasteiger partial charge in [0, 0.05) is 38.6 Å². The molecule has 0 atom stereocenters.